The van der Waals surface area contributed by atoms with E-state index in [-0.39, 0.29) is 0 Å². The monoisotopic (exact) mass is 168 g/mol. The number of rotatable bonds is 2. The minimum absolute atomic E-state index is 0.609. The van der Waals surface area contributed by atoms with E-state index in [0.717, 1.165) is 24.4 Å². The Balaban J connectivity index is 1.85. The summed E-state index contributed by atoms with van der Waals surface area (Å²) in [6, 6.07) is 0. The fraction of sp³-hybridized carbons (Fsp3) is 1.00. The van der Waals surface area contributed by atoms with Crippen molar-refractivity contribution in [1.29, 1.82) is 0 Å². The molecule has 0 spiro atoms. The highest BCUT2D eigenvalue weighted by molar-refractivity contribution is 4.90. The van der Waals surface area contributed by atoms with E-state index in [9.17, 15) is 0 Å². The second-order valence-electron chi connectivity index (χ2n) is 4.65. The van der Waals surface area contributed by atoms with E-state index in [1.54, 1.807) is 0 Å². The lowest BCUT2D eigenvalue weighted by Gasteiger charge is -2.11. The molecule has 2 aliphatic rings. The summed E-state index contributed by atoms with van der Waals surface area (Å²) in [5, 5.41) is 0. The molecule has 70 valence electrons. The van der Waals surface area contributed by atoms with Gasteiger partial charge in [-0.2, -0.15) is 0 Å². The first-order valence-electron chi connectivity index (χ1n) is 5.41. The number of ether oxygens (including phenoxy) is 1. The molecule has 1 heteroatoms. The smallest absolute Gasteiger partial charge is 0.0580 e. The maximum Gasteiger partial charge on any atom is 0.0580 e. The molecule has 2 rings (SSSR count). The van der Waals surface area contributed by atoms with Crippen molar-refractivity contribution in [3.8, 4) is 0 Å². The molecular formula is C11H20O. The van der Waals surface area contributed by atoms with Gasteiger partial charge in [0.2, 0.25) is 0 Å². The van der Waals surface area contributed by atoms with Crippen molar-refractivity contribution in [2.75, 3.05) is 6.61 Å². The predicted molar refractivity (Wildman–Crippen MR) is 50.0 cm³/mol. The SMILES string of the molecule is CCO[C@@H]1CC2C[C@H](C)C[C@@H]2C1. The van der Waals surface area contributed by atoms with Crippen LogP contribution in [0.3, 0.4) is 0 Å². The van der Waals surface area contributed by atoms with Crippen molar-refractivity contribution in [3.05, 3.63) is 0 Å². The summed E-state index contributed by atoms with van der Waals surface area (Å²) in [6.45, 7) is 5.41. The Labute approximate surface area is 75.5 Å². The van der Waals surface area contributed by atoms with E-state index in [4.69, 9.17) is 4.74 Å². The van der Waals surface area contributed by atoms with Crippen molar-refractivity contribution in [3.63, 3.8) is 0 Å². The molecule has 4 atom stereocenters. The molecule has 1 nitrogen and oxygen atoms in total. The van der Waals surface area contributed by atoms with Gasteiger partial charge in [-0.1, -0.05) is 6.92 Å². The molecule has 1 unspecified atom stereocenters. The zero-order valence-corrected chi connectivity index (χ0v) is 8.25. The van der Waals surface area contributed by atoms with Gasteiger partial charge in [0.1, 0.15) is 0 Å². The largest absolute Gasteiger partial charge is 0.378 e. The van der Waals surface area contributed by atoms with Gasteiger partial charge in [-0.05, 0) is 50.4 Å². The summed E-state index contributed by atoms with van der Waals surface area (Å²) in [5.41, 5.74) is 0. The topological polar surface area (TPSA) is 9.23 Å². The van der Waals surface area contributed by atoms with Crippen LogP contribution in [-0.2, 0) is 4.74 Å². The Hall–Kier alpha value is -0.0400. The molecule has 0 aliphatic heterocycles. The van der Waals surface area contributed by atoms with Gasteiger partial charge in [0.25, 0.3) is 0 Å². The maximum atomic E-state index is 5.67. The molecule has 0 radical (unpaired) electrons. The second kappa shape index (κ2) is 3.37. The van der Waals surface area contributed by atoms with Crippen LogP contribution in [0.2, 0.25) is 0 Å². The first-order chi connectivity index (χ1) is 5.79. The van der Waals surface area contributed by atoms with Gasteiger partial charge in [-0.3, -0.25) is 0 Å². The Morgan fingerprint density at radius 3 is 2.17 bits per heavy atom. The highest BCUT2D eigenvalue weighted by Crippen LogP contribution is 2.47. The molecule has 0 aromatic rings. The third-order valence-corrected chi connectivity index (χ3v) is 3.61. The molecule has 0 aromatic heterocycles. The molecule has 2 saturated carbocycles. The quantitative estimate of drug-likeness (QED) is 0.616. The lowest BCUT2D eigenvalue weighted by molar-refractivity contribution is 0.0611. The average Bonchev–Trinajstić information content (AvgIpc) is 2.44. The molecule has 0 aromatic carbocycles. The fourth-order valence-electron chi connectivity index (χ4n) is 3.24. The molecule has 0 saturated heterocycles. The van der Waals surface area contributed by atoms with E-state index in [0.29, 0.717) is 6.10 Å². The Morgan fingerprint density at radius 1 is 1.08 bits per heavy atom. The highest BCUT2D eigenvalue weighted by Gasteiger charge is 2.40. The van der Waals surface area contributed by atoms with E-state index >= 15 is 0 Å². The standard InChI is InChI=1S/C11H20O/c1-3-12-11-6-9-4-8(2)5-10(9)7-11/h8-11H,3-7H2,1-2H3/t8-,9-,10?,11+/m1/s1. The Kier molecular flexibility index (Phi) is 2.40. The summed E-state index contributed by atoms with van der Waals surface area (Å²) in [5.74, 6) is 3.01. The van der Waals surface area contributed by atoms with Gasteiger partial charge >= 0.3 is 0 Å². The van der Waals surface area contributed by atoms with Gasteiger partial charge in [0, 0.05) is 6.61 Å². The number of hydrogen-bond acceptors (Lipinski definition) is 1. The first-order valence-corrected chi connectivity index (χ1v) is 5.41. The molecule has 0 N–H and O–H groups in total. The van der Waals surface area contributed by atoms with Crippen LogP contribution in [0, 0.1) is 17.8 Å². The zero-order chi connectivity index (χ0) is 8.55. The van der Waals surface area contributed by atoms with Gasteiger partial charge in [-0.25, -0.2) is 0 Å². The van der Waals surface area contributed by atoms with Gasteiger partial charge in [0.15, 0.2) is 0 Å². The third-order valence-electron chi connectivity index (χ3n) is 3.61. The van der Waals surface area contributed by atoms with Crippen molar-refractivity contribution in [2.45, 2.75) is 45.6 Å². The fourth-order valence-corrected chi connectivity index (χ4v) is 3.24. The van der Waals surface area contributed by atoms with Crippen molar-refractivity contribution in [2.24, 2.45) is 17.8 Å². The lowest BCUT2D eigenvalue weighted by atomic mass is 10.0. The van der Waals surface area contributed by atoms with Crippen LogP contribution < -0.4 is 0 Å². The van der Waals surface area contributed by atoms with Crippen LogP contribution in [0.1, 0.15) is 39.5 Å². The van der Waals surface area contributed by atoms with Crippen LogP contribution in [0.5, 0.6) is 0 Å². The van der Waals surface area contributed by atoms with Crippen molar-refractivity contribution >= 4 is 0 Å². The zero-order valence-electron chi connectivity index (χ0n) is 8.25. The minimum Gasteiger partial charge on any atom is -0.378 e. The predicted octanol–water partition coefficient (Wildman–Crippen LogP) is 2.85. The molecule has 0 amide bonds. The highest BCUT2D eigenvalue weighted by atomic mass is 16.5. The molecule has 0 bridgehead atoms. The van der Waals surface area contributed by atoms with E-state index in [2.05, 4.69) is 13.8 Å². The van der Waals surface area contributed by atoms with Crippen molar-refractivity contribution < 1.29 is 4.74 Å². The van der Waals surface area contributed by atoms with E-state index in [1.165, 1.54) is 25.7 Å². The molecule has 0 heterocycles. The molecule has 2 fully saturated rings. The molecule has 2 aliphatic carbocycles. The molecular weight excluding hydrogens is 148 g/mol. The van der Waals surface area contributed by atoms with Crippen LogP contribution in [-0.4, -0.2) is 12.7 Å². The number of fused-ring (bicyclic) bond motifs is 1. The van der Waals surface area contributed by atoms with Gasteiger partial charge in [0.05, 0.1) is 6.10 Å². The third kappa shape index (κ3) is 1.52. The van der Waals surface area contributed by atoms with Crippen LogP contribution in [0.25, 0.3) is 0 Å². The molecule has 12 heavy (non-hydrogen) atoms. The van der Waals surface area contributed by atoms with E-state index in [1.807, 2.05) is 0 Å². The Morgan fingerprint density at radius 2 is 1.67 bits per heavy atom. The lowest BCUT2D eigenvalue weighted by Crippen LogP contribution is -2.09. The average molecular weight is 168 g/mol. The van der Waals surface area contributed by atoms with Crippen LogP contribution >= 0.6 is 0 Å². The minimum atomic E-state index is 0.609. The van der Waals surface area contributed by atoms with E-state index < -0.39 is 0 Å². The summed E-state index contributed by atoms with van der Waals surface area (Å²) in [4.78, 5) is 0. The summed E-state index contributed by atoms with van der Waals surface area (Å²) in [6.07, 6.45) is 6.24. The maximum absolute atomic E-state index is 5.67. The van der Waals surface area contributed by atoms with Gasteiger partial charge in [-0.15, -0.1) is 0 Å². The summed E-state index contributed by atoms with van der Waals surface area (Å²) < 4.78 is 5.67. The van der Waals surface area contributed by atoms with Crippen molar-refractivity contribution in [1.82, 2.24) is 0 Å². The Bertz CT molecular complexity index is 141. The van der Waals surface area contributed by atoms with Crippen LogP contribution in [0.15, 0.2) is 0 Å². The van der Waals surface area contributed by atoms with Crippen LogP contribution in [0.4, 0.5) is 0 Å². The van der Waals surface area contributed by atoms with Gasteiger partial charge < -0.3 is 4.74 Å². The summed E-state index contributed by atoms with van der Waals surface area (Å²) >= 11 is 0. The second-order valence-corrected chi connectivity index (χ2v) is 4.65. The normalized spacial score (nSPS) is 46.5. The first kappa shape index (κ1) is 8.55. The summed E-state index contributed by atoms with van der Waals surface area (Å²) in [7, 11) is 0. The number of hydrogen-bond donors (Lipinski definition) is 0.